The van der Waals surface area contributed by atoms with Gasteiger partial charge in [-0.1, -0.05) is 60.7 Å². The van der Waals surface area contributed by atoms with E-state index in [1.54, 1.807) is 0 Å². The highest BCUT2D eigenvalue weighted by Crippen LogP contribution is 2.19. The largest absolute Gasteiger partial charge is 0.365 e. The highest BCUT2D eigenvalue weighted by atomic mass is 32.1. The Morgan fingerprint density at radius 1 is 1.00 bits per heavy atom. The van der Waals surface area contributed by atoms with Crippen LogP contribution in [0.4, 0.5) is 5.69 Å². The summed E-state index contributed by atoms with van der Waals surface area (Å²) in [5.74, 6) is -0.282. The lowest BCUT2D eigenvalue weighted by molar-refractivity contribution is -0.110. The number of benzene rings is 2. The summed E-state index contributed by atoms with van der Waals surface area (Å²) in [6.07, 6.45) is 0. The smallest absolute Gasteiger partial charge is 0.283 e. The molecule has 4 heteroatoms. The van der Waals surface area contributed by atoms with E-state index in [9.17, 15) is 4.79 Å². The number of nitrogens with one attached hydrogen (secondary N) is 2. The molecule has 114 valence electrons. The minimum Gasteiger partial charge on any atom is -0.365 e. The van der Waals surface area contributed by atoms with Crippen molar-refractivity contribution in [3.63, 3.8) is 0 Å². The van der Waals surface area contributed by atoms with Crippen LogP contribution in [-0.2, 0) is 4.79 Å². The summed E-state index contributed by atoms with van der Waals surface area (Å²) in [4.78, 5) is 12.5. The Morgan fingerprint density at radius 2 is 1.59 bits per heavy atom. The van der Waals surface area contributed by atoms with Gasteiger partial charge in [0.05, 0.1) is 0 Å². The first kappa shape index (κ1) is 16.2. The maximum Gasteiger partial charge on any atom is 0.283 e. The topological polar surface area (TPSA) is 41.1 Å². The molecule has 2 rings (SSSR count). The quantitative estimate of drug-likeness (QED) is 0.844. The Kier molecular flexibility index (Phi) is 5.28. The Bertz CT molecular complexity index is 662. The first-order valence-electron chi connectivity index (χ1n) is 7.22. The van der Waals surface area contributed by atoms with Gasteiger partial charge < -0.3 is 10.6 Å². The summed E-state index contributed by atoms with van der Waals surface area (Å²) in [6, 6.07) is 15.8. The molecule has 1 unspecified atom stereocenters. The molecule has 3 nitrogen and oxygen atoms in total. The van der Waals surface area contributed by atoms with Crippen molar-refractivity contribution in [3.05, 3.63) is 65.2 Å². The lowest BCUT2D eigenvalue weighted by Gasteiger charge is -2.17. The van der Waals surface area contributed by atoms with Gasteiger partial charge in [0.15, 0.2) is 4.99 Å². The number of thiocarbonyl (C=S) groups is 1. The van der Waals surface area contributed by atoms with Gasteiger partial charge in [0.1, 0.15) is 0 Å². The maximum atomic E-state index is 12.3. The lowest BCUT2D eigenvalue weighted by atomic mass is 10.1. The van der Waals surface area contributed by atoms with Crippen LogP contribution in [0.3, 0.4) is 0 Å². The molecule has 0 bridgehead atoms. The molecule has 0 aliphatic heterocycles. The fraction of sp³-hybridized carbons (Fsp3) is 0.222. The molecule has 2 N–H and O–H groups in total. The number of aryl methyl sites for hydroxylation is 2. The fourth-order valence-corrected chi connectivity index (χ4v) is 2.50. The van der Waals surface area contributed by atoms with E-state index in [0.29, 0.717) is 0 Å². The van der Waals surface area contributed by atoms with E-state index in [1.165, 1.54) is 0 Å². The van der Waals surface area contributed by atoms with Crippen molar-refractivity contribution < 1.29 is 4.79 Å². The number of amides is 1. The van der Waals surface area contributed by atoms with Gasteiger partial charge in [0.25, 0.3) is 5.91 Å². The molecule has 0 fully saturated rings. The molecule has 0 aromatic heterocycles. The van der Waals surface area contributed by atoms with Crippen molar-refractivity contribution in [2.24, 2.45) is 0 Å². The lowest BCUT2D eigenvalue weighted by Crippen LogP contribution is -2.35. The highest BCUT2D eigenvalue weighted by Gasteiger charge is 2.15. The average molecular weight is 312 g/mol. The Morgan fingerprint density at radius 3 is 2.18 bits per heavy atom. The van der Waals surface area contributed by atoms with Gasteiger partial charge in [-0.25, -0.2) is 0 Å². The second-order valence-corrected chi connectivity index (χ2v) is 5.74. The van der Waals surface area contributed by atoms with Gasteiger partial charge in [-0.15, -0.1) is 0 Å². The number of hydrogen-bond donors (Lipinski definition) is 2. The molecule has 0 aliphatic carbocycles. The van der Waals surface area contributed by atoms with Crippen molar-refractivity contribution in [3.8, 4) is 0 Å². The van der Waals surface area contributed by atoms with Crippen molar-refractivity contribution in [2.75, 3.05) is 5.32 Å². The predicted octanol–water partition coefficient (Wildman–Crippen LogP) is 3.92. The summed E-state index contributed by atoms with van der Waals surface area (Å²) in [6.45, 7) is 5.91. The molecule has 2 aromatic rings. The van der Waals surface area contributed by atoms with E-state index < -0.39 is 0 Å². The van der Waals surface area contributed by atoms with Gasteiger partial charge in [-0.2, -0.15) is 0 Å². The van der Waals surface area contributed by atoms with E-state index in [-0.39, 0.29) is 16.9 Å². The minimum absolute atomic E-state index is 0.0163. The number of rotatable bonds is 3. The van der Waals surface area contributed by atoms with Crippen LogP contribution in [0.15, 0.2) is 48.5 Å². The van der Waals surface area contributed by atoms with Crippen molar-refractivity contribution >= 4 is 28.8 Å². The van der Waals surface area contributed by atoms with E-state index in [1.807, 2.05) is 69.3 Å². The van der Waals surface area contributed by atoms with Crippen molar-refractivity contribution in [2.45, 2.75) is 26.8 Å². The molecule has 0 radical (unpaired) electrons. The van der Waals surface area contributed by atoms with Gasteiger partial charge in [0.2, 0.25) is 0 Å². The summed E-state index contributed by atoms with van der Waals surface area (Å²) >= 11 is 5.22. The number of hydrogen-bond acceptors (Lipinski definition) is 2. The normalized spacial score (nSPS) is 11.6. The van der Waals surface area contributed by atoms with E-state index in [2.05, 4.69) is 10.6 Å². The average Bonchev–Trinajstić information content (AvgIpc) is 2.51. The third-order valence-corrected chi connectivity index (χ3v) is 3.88. The molecule has 1 atom stereocenters. The zero-order valence-corrected chi connectivity index (χ0v) is 13.8. The number of anilines is 1. The molecule has 0 spiro atoms. The molecular formula is C18H20N2OS. The maximum absolute atomic E-state index is 12.3. The van der Waals surface area contributed by atoms with Gasteiger partial charge in [-0.3, -0.25) is 4.79 Å². The van der Waals surface area contributed by atoms with Gasteiger partial charge in [-0.05, 0) is 37.5 Å². The summed E-state index contributed by atoms with van der Waals surface area (Å²) < 4.78 is 0. The minimum atomic E-state index is -0.282. The zero-order valence-electron chi connectivity index (χ0n) is 13.0. The summed E-state index contributed by atoms with van der Waals surface area (Å²) in [7, 11) is 0. The van der Waals surface area contributed by atoms with Crippen LogP contribution in [-0.4, -0.2) is 10.9 Å². The Balaban J connectivity index is 2.02. The van der Waals surface area contributed by atoms with E-state index >= 15 is 0 Å². The summed E-state index contributed by atoms with van der Waals surface area (Å²) in [5.41, 5.74) is 3.95. The van der Waals surface area contributed by atoms with Crippen LogP contribution < -0.4 is 10.6 Å². The van der Waals surface area contributed by atoms with Crippen LogP contribution in [0.2, 0.25) is 0 Å². The zero-order chi connectivity index (χ0) is 16.1. The standard InChI is InChI=1S/C18H20N2OS/c1-12-8-7-9-13(2)16(12)20-17(21)18(22)19-14(3)15-10-5-4-6-11-15/h4-11,14H,1-3H3,(H,19,22)(H,20,21). The first-order chi connectivity index (χ1) is 10.5. The summed E-state index contributed by atoms with van der Waals surface area (Å²) in [5, 5.41) is 5.97. The second-order valence-electron chi connectivity index (χ2n) is 5.33. The number of carbonyl (C=O) groups excluding carboxylic acids is 1. The molecule has 0 aliphatic rings. The van der Waals surface area contributed by atoms with Crippen molar-refractivity contribution in [1.82, 2.24) is 5.32 Å². The Hall–Kier alpha value is -2.20. The van der Waals surface area contributed by atoms with Crippen LogP contribution in [0.1, 0.15) is 29.7 Å². The van der Waals surface area contributed by atoms with E-state index in [0.717, 1.165) is 22.4 Å². The molecule has 22 heavy (non-hydrogen) atoms. The first-order valence-corrected chi connectivity index (χ1v) is 7.63. The third kappa shape index (κ3) is 3.92. The monoisotopic (exact) mass is 312 g/mol. The Labute approximate surface area is 136 Å². The molecule has 2 aromatic carbocycles. The van der Waals surface area contributed by atoms with Crippen LogP contribution >= 0.6 is 12.2 Å². The highest BCUT2D eigenvalue weighted by molar-refractivity contribution is 7.82. The SMILES string of the molecule is Cc1cccc(C)c1NC(=O)C(=S)NC(C)c1ccccc1. The fourth-order valence-electron chi connectivity index (χ4n) is 2.27. The predicted molar refractivity (Wildman–Crippen MR) is 95.1 cm³/mol. The molecule has 0 saturated carbocycles. The molecule has 0 saturated heterocycles. The van der Waals surface area contributed by atoms with Crippen molar-refractivity contribution in [1.29, 1.82) is 0 Å². The van der Waals surface area contributed by atoms with Crippen LogP contribution in [0.5, 0.6) is 0 Å². The van der Waals surface area contributed by atoms with Gasteiger partial charge >= 0.3 is 0 Å². The van der Waals surface area contributed by atoms with Crippen LogP contribution in [0, 0.1) is 13.8 Å². The van der Waals surface area contributed by atoms with E-state index in [4.69, 9.17) is 12.2 Å². The molecule has 1 amide bonds. The third-order valence-electron chi connectivity index (χ3n) is 3.57. The number of carbonyl (C=O) groups is 1. The molecular weight excluding hydrogens is 292 g/mol. The van der Waals surface area contributed by atoms with Gasteiger partial charge in [0, 0.05) is 11.7 Å². The second kappa shape index (κ2) is 7.18. The molecule has 0 heterocycles. The van der Waals surface area contributed by atoms with Crippen LogP contribution in [0.25, 0.3) is 0 Å². The number of para-hydroxylation sites is 1.